The van der Waals surface area contributed by atoms with Crippen LogP contribution in [0.15, 0.2) is 0 Å². The van der Waals surface area contributed by atoms with Gasteiger partial charge in [0.2, 0.25) is 5.91 Å². The van der Waals surface area contributed by atoms with E-state index < -0.39 is 0 Å². The standard InChI is InChI=1S/C9H20N2O2/c1-7(2)10-9(12)8(6-13-5)11(3)4/h7-8H,6H2,1-5H3,(H,10,12). The molecule has 4 nitrogen and oxygen atoms in total. The van der Waals surface area contributed by atoms with Gasteiger partial charge in [0.25, 0.3) is 0 Å². The predicted molar refractivity (Wildman–Crippen MR) is 52.6 cm³/mol. The number of hydrogen-bond acceptors (Lipinski definition) is 3. The number of rotatable bonds is 5. The second kappa shape index (κ2) is 5.94. The molecule has 0 aromatic heterocycles. The minimum absolute atomic E-state index is 0.0156. The van der Waals surface area contributed by atoms with E-state index in [0.29, 0.717) is 6.61 Å². The number of ether oxygens (including phenoxy) is 1. The van der Waals surface area contributed by atoms with E-state index in [0.717, 1.165) is 0 Å². The summed E-state index contributed by atoms with van der Waals surface area (Å²) in [5.41, 5.74) is 0. The van der Waals surface area contributed by atoms with Crippen molar-refractivity contribution in [1.82, 2.24) is 10.2 Å². The highest BCUT2D eigenvalue weighted by Crippen LogP contribution is 1.95. The SMILES string of the molecule is COCC(C(=O)NC(C)C)N(C)C. The molecule has 0 rings (SSSR count). The molecule has 4 heteroatoms. The summed E-state index contributed by atoms with van der Waals surface area (Å²) >= 11 is 0. The number of likely N-dealkylation sites (N-methyl/N-ethyl adjacent to an activating group) is 1. The van der Waals surface area contributed by atoms with E-state index in [9.17, 15) is 4.79 Å². The van der Waals surface area contributed by atoms with Gasteiger partial charge < -0.3 is 10.1 Å². The lowest BCUT2D eigenvalue weighted by molar-refractivity contribution is -0.127. The molecule has 0 fully saturated rings. The molecule has 0 aromatic carbocycles. The number of amides is 1. The van der Waals surface area contributed by atoms with Gasteiger partial charge in [-0.3, -0.25) is 9.69 Å². The molecular weight excluding hydrogens is 168 g/mol. The summed E-state index contributed by atoms with van der Waals surface area (Å²) in [6, 6.07) is -0.0285. The molecule has 0 radical (unpaired) electrons. The van der Waals surface area contributed by atoms with Crippen LogP contribution in [0.5, 0.6) is 0 Å². The van der Waals surface area contributed by atoms with Crippen LogP contribution in [-0.2, 0) is 9.53 Å². The van der Waals surface area contributed by atoms with E-state index in [4.69, 9.17) is 4.74 Å². The van der Waals surface area contributed by atoms with E-state index >= 15 is 0 Å². The highest BCUT2D eigenvalue weighted by atomic mass is 16.5. The summed E-state index contributed by atoms with van der Waals surface area (Å²) < 4.78 is 4.97. The van der Waals surface area contributed by atoms with E-state index in [1.807, 2.05) is 32.8 Å². The fraction of sp³-hybridized carbons (Fsp3) is 0.889. The first-order chi connectivity index (χ1) is 5.99. The second-order valence-corrected chi connectivity index (χ2v) is 3.60. The molecule has 0 saturated heterocycles. The van der Waals surface area contributed by atoms with E-state index in [2.05, 4.69) is 5.32 Å². The minimum atomic E-state index is -0.201. The van der Waals surface area contributed by atoms with Gasteiger partial charge >= 0.3 is 0 Å². The van der Waals surface area contributed by atoms with E-state index in [-0.39, 0.29) is 18.0 Å². The van der Waals surface area contributed by atoms with E-state index in [1.165, 1.54) is 0 Å². The topological polar surface area (TPSA) is 41.6 Å². The summed E-state index contributed by atoms with van der Waals surface area (Å²) in [6.45, 7) is 4.31. The number of carbonyl (C=O) groups excluding carboxylic acids is 1. The molecule has 13 heavy (non-hydrogen) atoms. The first kappa shape index (κ1) is 12.4. The number of carbonyl (C=O) groups is 1. The molecule has 0 aliphatic heterocycles. The van der Waals surface area contributed by atoms with Gasteiger partial charge in [-0.05, 0) is 27.9 Å². The molecule has 0 spiro atoms. The Morgan fingerprint density at radius 3 is 2.31 bits per heavy atom. The predicted octanol–water partition coefficient (Wildman–Crippen LogP) is 0.0876. The van der Waals surface area contributed by atoms with Gasteiger partial charge in [0, 0.05) is 13.2 Å². The Labute approximate surface area is 80.2 Å². The van der Waals surface area contributed by atoms with Crippen LogP contribution in [0.3, 0.4) is 0 Å². The molecule has 1 unspecified atom stereocenters. The monoisotopic (exact) mass is 188 g/mol. The first-order valence-corrected chi connectivity index (χ1v) is 4.44. The van der Waals surface area contributed by atoms with Gasteiger partial charge in [0.15, 0.2) is 0 Å². The Bertz CT molecular complexity index is 158. The van der Waals surface area contributed by atoms with Crippen LogP contribution >= 0.6 is 0 Å². The van der Waals surface area contributed by atoms with Crippen molar-refractivity contribution in [2.24, 2.45) is 0 Å². The van der Waals surface area contributed by atoms with Crippen LogP contribution in [0.1, 0.15) is 13.8 Å². The number of methoxy groups -OCH3 is 1. The van der Waals surface area contributed by atoms with Gasteiger partial charge in [-0.1, -0.05) is 0 Å². The summed E-state index contributed by atoms with van der Waals surface area (Å²) in [6.07, 6.45) is 0. The molecule has 0 aliphatic rings. The van der Waals surface area contributed by atoms with Gasteiger partial charge in [-0.2, -0.15) is 0 Å². The minimum Gasteiger partial charge on any atom is -0.383 e. The molecule has 1 amide bonds. The lowest BCUT2D eigenvalue weighted by Crippen LogP contribution is -2.48. The Kier molecular flexibility index (Phi) is 5.66. The van der Waals surface area contributed by atoms with Crippen molar-refractivity contribution < 1.29 is 9.53 Å². The number of nitrogens with one attached hydrogen (secondary N) is 1. The molecule has 78 valence electrons. The Morgan fingerprint density at radius 1 is 1.46 bits per heavy atom. The maximum absolute atomic E-state index is 11.6. The zero-order valence-corrected chi connectivity index (χ0v) is 9.13. The Morgan fingerprint density at radius 2 is 2.00 bits per heavy atom. The quantitative estimate of drug-likeness (QED) is 0.664. The molecule has 0 aliphatic carbocycles. The smallest absolute Gasteiger partial charge is 0.239 e. The maximum Gasteiger partial charge on any atom is 0.239 e. The lowest BCUT2D eigenvalue weighted by Gasteiger charge is -2.23. The number of nitrogens with zero attached hydrogens (tertiary/aromatic N) is 1. The third kappa shape index (κ3) is 4.85. The summed E-state index contributed by atoms with van der Waals surface area (Å²) in [4.78, 5) is 13.4. The van der Waals surface area contributed by atoms with Crippen molar-refractivity contribution in [2.45, 2.75) is 25.9 Å². The largest absolute Gasteiger partial charge is 0.383 e. The summed E-state index contributed by atoms with van der Waals surface area (Å²) in [7, 11) is 5.33. The van der Waals surface area contributed by atoms with Crippen molar-refractivity contribution in [2.75, 3.05) is 27.8 Å². The third-order valence-electron chi connectivity index (χ3n) is 1.68. The van der Waals surface area contributed by atoms with Crippen molar-refractivity contribution >= 4 is 5.91 Å². The van der Waals surface area contributed by atoms with E-state index in [1.54, 1.807) is 7.11 Å². The molecule has 1 atom stereocenters. The van der Waals surface area contributed by atoms with Crippen LogP contribution in [-0.4, -0.2) is 50.7 Å². The molecule has 0 saturated carbocycles. The molecular formula is C9H20N2O2. The van der Waals surface area contributed by atoms with Crippen molar-refractivity contribution in [3.63, 3.8) is 0 Å². The van der Waals surface area contributed by atoms with Gasteiger partial charge in [0.05, 0.1) is 6.61 Å². The highest BCUT2D eigenvalue weighted by Gasteiger charge is 2.20. The number of hydrogen-bond donors (Lipinski definition) is 1. The van der Waals surface area contributed by atoms with Crippen molar-refractivity contribution in [1.29, 1.82) is 0 Å². The molecule has 0 aromatic rings. The average Bonchev–Trinajstić information content (AvgIpc) is 1.97. The Balaban J connectivity index is 4.11. The third-order valence-corrected chi connectivity index (χ3v) is 1.68. The van der Waals surface area contributed by atoms with Crippen LogP contribution in [0, 0.1) is 0 Å². The normalized spacial score (nSPS) is 13.5. The molecule has 0 heterocycles. The van der Waals surface area contributed by atoms with Crippen molar-refractivity contribution in [3.05, 3.63) is 0 Å². The van der Waals surface area contributed by atoms with Crippen LogP contribution in [0.25, 0.3) is 0 Å². The second-order valence-electron chi connectivity index (χ2n) is 3.60. The van der Waals surface area contributed by atoms with Crippen LogP contribution < -0.4 is 5.32 Å². The lowest BCUT2D eigenvalue weighted by atomic mass is 10.2. The van der Waals surface area contributed by atoms with Gasteiger partial charge in [0.1, 0.15) is 6.04 Å². The zero-order chi connectivity index (χ0) is 10.4. The van der Waals surface area contributed by atoms with Gasteiger partial charge in [-0.15, -0.1) is 0 Å². The summed E-state index contributed by atoms with van der Waals surface area (Å²) in [5, 5.41) is 2.85. The van der Waals surface area contributed by atoms with Crippen molar-refractivity contribution in [3.8, 4) is 0 Å². The first-order valence-electron chi connectivity index (χ1n) is 4.44. The Hall–Kier alpha value is -0.610. The van der Waals surface area contributed by atoms with Gasteiger partial charge in [-0.25, -0.2) is 0 Å². The fourth-order valence-corrected chi connectivity index (χ4v) is 0.998. The maximum atomic E-state index is 11.6. The zero-order valence-electron chi connectivity index (χ0n) is 9.13. The van der Waals surface area contributed by atoms with Crippen LogP contribution in [0.4, 0.5) is 0 Å². The summed E-state index contributed by atoms with van der Waals surface area (Å²) in [5.74, 6) is 0.0156. The molecule has 1 N–H and O–H groups in total. The van der Waals surface area contributed by atoms with Crippen LogP contribution in [0.2, 0.25) is 0 Å². The fourth-order valence-electron chi connectivity index (χ4n) is 0.998. The molecule has 0 bridgehead atoms. The average molecular weight is 188 g/mol. The highest BCUT2D eigenvalue weighted by molar-refractivity contribution is 5.82.